The van der Waals surface area contributed by atoms with Crippen LogP contribution in [-0.2, 0) is 19.1 Å². The van der Waals surface area contributed by atoms with Gasteiger partial charge in [0.1, 0.15) is 11.6 Å². The van der Waals surface area contributed by atoms with E-state index >= 15 is 0 Å². The number of carbonyl (C=O) groups is 3. The molecule has 0 radical (unpaired) electrons. The number of hydrogen-bond donors (Lipinski definition) is 2. The molecule has 0 aliphatic rings. The van der Waals surface area contributed by atoms with Gasteiger partial charge in [-0.3, -0.25) is 9.59 Å². The molecule has 0 aliphatic heterocycles. The Balaban J connectivity index is 3.71. The minimum Gasteiger partial charge on any atom is -0.458 e. The van der Waals surface area contributed by atoms with Crippen LogP contribution in [0.15, 0.2) is 0 Å². The van der Waals surface area contributed by atoms with Crippen LogP contribution in [0.4, 0.5) is 0 Å². The number of esters is 1. The first-order chi connectivity index (χ1) is 15.3. The topological polar surface area (TPSA) is 84.5 Å². The standard InChI is InChI=1S/C26H50N2O4/c1-5-6-7-8-9-10-11-12-13-14-15-16-17-18-19-20-24(30)28-23(21-27-22-29)25(31)32-26(2,3)4/h22-23H,5-21H2,1-4H3,(H,27,29)(H,28,30). The van der Waals surface area contributed by atoms with Gasteiger partial charge in [-0.05, 0) is 27.2 Å². The lowest BCUT2D eigenvalue weighted by molar-refractivity contribution is -0.158. The Hall–Kier alpha value is -1.59. The number of unbranched alkanes of at least 4 members (excludes halogenated alkanes) is 14. The summed E-state index contributed by atoms with van der Waals surface area (Å²) in [6.45, 7) is 7.60. The summed E-state index contributed by atoms with van der Waals surface area (Å²) in [7, 11) is 0. The van der Waals surface area contributed by atoms with E-state index in [2.05, 4.69) is 17.6 Å². The molecule has 0 aromatic rings. The number of amides is 2. The first kappa shape index (κ1) is 30.4. The summed E-state index contributed by atoms with van der Waals surface area (Å²) in [4.78, 5) is 35.0. The van der Waals surface area contributed by atoms with Crippen LogP contribution in [0.25, 0.3) is 0 Å². The van der Waals surface area contributed by atoms with Crippen molar-refractivity contribution in [1.29, 1.82) is 0 Å². The van der Waals surface area contributed by atoms with E-state index in [1.165, 1.54) is 77.0 Å². The van der Waals surface area contributed by atoms with Gasteiger partial charge in [0.15, 0.2) is 0 Å². The first-order valence-electron chi connectivity index (χ1n) is 13.0. The highest BCUT2D eigenvalue weighted by Gasteiger charge is 2.26. The molecule has 0 aromatic heterocycles. The van der Waals surface area contributed by atoms with Crippen LogP contribution < -0.4 is 10.6 Å². The van der Waals surface area contributed by atoms with E-state index in [0.717, 1.165) is 19.3 Å². The minimum atomic E-state index is -0.858. The molecule has 0 aliphatic carbocycles. The van der Waals surface area contributed by atoms with Gasteiger partial charge < -0.3 is 15.4 Å². The maximum absolute atomic E-state index is 12.2. The van der Waals surface area contributed by atoms with E-state index in [9.17, 15) is 14.4 Å². The van der Waals surface area contributed by atoms with E-state index in [4.69, 9.17) is 4.74 Å². The lowest BCUT2D eigenvalue weighted by Gasteiger charge is -2.24. The predicted octanol–water partition coefficient (Wildman–Crippen LogP) is 5.82. The van der Waals surface area contributed by atoms with Crippen molar-refractivity contribution in [3.63, 3.8) is 0 Å². The van der Waals surface area contributed by atoms with E-state index in [0.29, 0.717) is 12.8 Å². The molecular weight excluding hydrogens is 404 g/mol. The van der Waals surface area contributed by atoms with Gasteiger partial charge in [-0.2, -0.15) is 0 Å². The van der Waals surface area contributed by atoms with E-state index in [1.807, 2.05) is 0 Å². The SMILES string of the molecule is CCCCCCCCCCCCCCCCCC(=O)NC(CNC=O)C(=O)OC(C)(C)C. The molecule has 0 saturated carbocycles. The maximum atomic E-state index is 12.2. The van der Waals surface area contributed by atoms with Crippen molar-refractivity contribution in [2.75, 3.05) is 6.54 Å². The van der Waals surface area contributed by atoms with Crippen LogP contribution in [-0.4, -0.2) is 36.5 Å². The van der Waals surface area contributed by atoms with Crippen LogP contribution in [0.2, 0.25) is 0 Å². The summed E-state index contributed by atoms with van der Waals surface area (Å²) in [6, 6.07) is -0.858. The molecule has 32 heavy (non-hydrogen) atoms. The summed E-state index contributed by atoms with van der Waals surface area (Å²) in [6.07, 6.45) is 20.1. The second-order valence-electron chi connectivity index (χ2n) is 9.88. The van der Waals surface area contributed by atoms with Gasteiger partial charge in [-0.1, -0.05) is 96.8 Å². The zero-order valence-corrected chi connectivity index (χ0v) is 21.3. The molecule has 1 unspecified atom stereocenters. The summed E-state index contributed by atoms with van der Waals surface area (Å²) in [5, 5.41) is 5.14. The van der Waals surface area contributed by atoms with Gasteiger partial charge in [-0.15, -0.1) is 0 Å². The third-order valence-electron chi connectivity index (χ3n) is 5.44. The Morgan fingerprint density at radius 3 is 1.62 bits per heavy atom. The molecule has 0 spiro atoms. The number of carbonyl (C=O) groups excluding carboxylic acids is 3. The largest absolute Gasteiger partial charge is 0.458 e. The van der Waals surface area contributed by atoms with Crippen molar-refractivity contribution >= 4 is 18.3 Å². The molecule has 0 aromatic carbocycles. The number of ether oxygens (including phenoxy) is 1. The van der Waals surface area contributed by atoms with Gasteiger partial charge in [0.2, 0.25) is 12.3 Å². The Morgan fingerprint density at radius 1 is 0.781 bits per heavy atom. The second-order valence-corrected chi connectivity index (χ2v) is 9.88. The third-order valence-corrected chi connectivity index (χ3v) is 5.44. The molecule has 2 amide bonds. The van der Waals surface area contributed by atoms with Crippen LogP contribution in [0.1, 0.15) is 130 Å². The summed E-state index contributed by atoms with van der Waals surface area (Å²) in [5.41, 5.74) is -0.643. The summed E-state index contributed by atoms with van der Waals surface area (Å²) >= 11 is 0. The molecule has 0 saturated heterocycles. The quantitative estimate of drug-likeness (QED) is 0.130. The molecular formula is C26H50N2O4. The van der Waals surface area contributed by atoms with Gasteiger partial charge in [0.05, 0.1) is 0 Å². The number of nitrogens with one attached hydrogen (secondary N) is 2. The van der Waals surface area contributed by atoms with Crippen molar-refractivity contribution < 1.29 is 19.1 Å². The Kier molecular flexibility index (Phi) is 19.1. The average Bonchev–Trinajstić information content (AvgIpc) is 2.72. The molecule has 6 heteroatoms. The highest BCUT2D eigenvalue weighted by Crippen LogP contribution is 2.14. The molecule has 188 valence electrons. The highest BCUT2D eigenvalue weighted by atomic mass is 16.6. The average molecular weight is 455 g/mol. The van der Waals surface area contributed by atoms with E-state index < -0.39 is 17.6 Å². The van der Waals surface area contributed by atoms with Gasteiger partial charge in [0.25, 0.3) is 0 Å². The van der Waals surface area contributed by atoms with Crippen molar-refractivity contribution in [3.8, 4) is 0 Å². The van der Waals surface area contributed by atoms with E-state index in [1.54, 1.807) is 20.8 Å². The lowest BCUT2D eigenvalue weighted by Crippen LogP contribution is -2.49. The first-order valence-corrected chi connectivity index (χ1v) is 13.0. The number of hydrogen-bond acceptors (Lipinski definition) is 4. The molecule has 0 bridgehead atoms. The molecule has 0 fully saturated rings. The smallest absolute Gasteiger partial charge is 0.331 e. The Bertz CT molecular complexity index is 489. The van der Waals surface area contributed by atoms with Crippen molar-refractivity contribution in [2.24, 2.45) is 0 Å². The normalized spacial score (nSPS) is 12.2. The van der Waals surface area contributed by atoms with Crippen LogP contribution in [0.3, 0.4) is 0 Å². The molecule has 0 heterocycles. The zero-order chi connectivity index (χ0) is 24.1. The Morgan fingerprint density at radius 2 is 1.22 bits per heavy atom. The van der Waals surface area contributed by atoms with E-state index in [-0.39, 0.29) is 12.5 Å². The highest BCUT2D eigenvalue weighted by molar-refractivity contribution is 5.85. The molecule has 6 nitrogen and oxygen atoms in total. The fourth-order valence-corrected chi connectivity index (χ4v) is 3.66. The van der Waals surface area contributed by atoms with Crippen LogP contribution in [0.5, 0.6) is 0 Å². The van der Waals surface area contributed by atoms with Gasteiger partial charge in [-0.25, -0.2) is 4.79 Å². The maximum Gasteiger partial charge on any atom is 0.331 e. The van der Waals surface area contributed by atoms with Crippen LogP contribution in [0, 0.1) is 0 Å². The van der Waals surface area contributed by atoms with Crippen molar-refractivity contribution in [3.05, 3.63) is 0 Å². The third kappa shape index (κ3) is 20.3. The second kappa shape index (κ2) is 20.0. The molecule has 2 N–H and O–H groups in total. The van der Waals surface area contributed by atoms with Crippen molar-refractivity contribution in [1.82, 2.24) is 10.6 Å². The molecule has 1 atom stereocenters. The number of rotatable bonds is 21. The van der Waals surface area contributed by atoms with Crippen LogP contribution >= 0.6 is 0 Å². The van der Waals surface area contributed by atoms with Gasteiger partial charge >= 0.3 is 5.97 Å². The van der Waals surface area contributed by atoms with Crippen molar-refractivity contribution in [2.45, 2.75) is 142 Å². The summed E-state index contributed by atoms with van der Waals surface area (Å²) in [5.74, 6) is -0.708. The Labute approximate surface area is 197 Å². The fourth-order valence-electron chi connectivity index (χ4n) is 3.66. The molecule has 0 rings (SSSR count). The zero-order valence-electron chi connectivity index (χ0n) is 21.3. The monoisotopic (exact) mass is 454 g/mol. The predicted molar refractivity (Wildman–Crippen MR) is 131 cm³/mol. The van der Waals surface area contributed by atoms with Gasteiger partial charge in [0, 0.05) is 13.0 Å². The summed E-state index contributed by atoms with van der Waals surface area (Å²) < 4.78 is 5.32. The minimum absolute atomic E-state index is 0.0308. The fraction of sp³-hybridized carbons (Fsp3) is 0.885. The lowest BCUT2D eigenvalue weighted by atomic mass is 10.0.